The van der Waals surface area contributed by atoms with Gasteiger partial charge in [-0.25, -0.2) is 9.97 Å². The normalized spacial score (nSPS) is 11.0. The molecule has 0 bridgehead atoms. The fourth-order valence-electron chi connectivity index (χ4n) is 1.87. The number of hydrogen-bond donors (Lipinski definition) is 1. The molecule has 0 unspecified atom stereocenters. The van der Waals surface area contributed by atoms with Crippen LogP contribution >= 0.6 is 23.1 Å². The van der Waals surface area contributed by atoms with Gasteiger partial charge in [0.1, 0.15) is 0 Å². The van der Waals surface area contributed by atoms with Crippen molar-refractivity contribution in [3.8, 4) is 11.4 Å². The SMILES string of the molecule is CCc1nc(CSc2n[nH]c(-c3ccc(C)cc3)n2)cs1. The van der Waals surface area contributed by atoms with E-state index in [0.717, 1.165) is 34.4 Å². The van der Waals surface area contributed by atoms with Gasteiger partial charge in [-0.15, -0.1) is 16.4 Å². The molecule has 4 nitrogen and oxygen atoms in total. The summed E-state index contributed by atoms with van der Waals surface area (Å²) in [5, 5.41) is 11.3. The van der Waals surface area contributed by atoms with Crippen LogP contribution in [-0.2, 0) is 12.2 Å². The summed E-state index contributed by atoms with van der Waals surface area (Å²) in [6.07, 6.45) is 0.994. The number of benzene rings is 1. The van der Waals surface area contributed by atoms with E-state index in [1.165, 1.54) is 10.6 Å². The fraction of sp³-hybridized carbons (Fsp3) is 0.267. The third-order valence-corrected chi connectivity index (χ3v) is 4.96. The van der Waals surface area contributed by atoms with Gasteiger partial charge in [0.15, 0.2) is 5.82 Å². The van der Waals surface area contributed by atoms with E-state index >= 15 is 0 Å². The van der Waals surface area contributed by atoms with E-state index in [-0.39, 0.29) is 0 Å². The third-order valence-electron chi connectivity index (χ3n) is 3.04. The highest BCUT2D eigenvalue weighted by molar-refractivity contribution is 7.98. The van der Waals surface area contributed by atoms with Crippen molar-refractivity contribution in [2.45, 2.75) is 31.2 Å². The molecule has 2 heterocycles. The summed E-state index contributed by atoms with van der Waals surface area (Å²) in [6, 6.07) is 8.26. The fourth-order valence-corrected chi connectivity index (χ4v) is 3.41. The van der Waals surface area contributed by atoms with Gasteiger partial charge in [-0.2, -0.15) is 0 Å². The van der Waals surface area contributed by atoms with E-state index in [9.17, 15) is 0 Å². The zero-order chi connectivity index (χ0) is 14.7. The molecule has 0 radical (unpaired) electrons. The number of H-pyrrole nitrogens is 1. The number of rotatable bonds is 5. The van der Waals surface area contributed by atoms with Crippen LogP contribution in [0, 0.1) is 6.92 Å². The second kappa shape index (κ2) is 6.41. The number of thioether (sulfide) groups is 1. The van der Waals surface area contributed by atoms with Gasteiger partial charge in [0, 0.05) is 16.7 Å². The van der Waals surface area contributed by atoms with Crippen LogP contribution in [-0.4, -0.2) is 20.2 Å². The molecule has 1 aromatic carbocycles. The summed E-state index contributed by atoms with van der Waals surface area (Å²) < 4.78 is 0. The molecule has 3 aromatic rings. The predicted molar refractivity (Wildman–Crippen MR) is 87.6 cm³/mol. The van der Waals surface area contributed by atoms with Gasteiger partial charge >= 0.3 is 0 Å². The van der Waals surface area contributed by atoms with E-state index in [1.54, 1.807) is 23.1 Å². The van der Waals surface area contributed by atoms with Crippen LogP contribution in [0.3, 0.4) is 0 Å². The quantitative estimate of drug-likeness (QED) is 0.720. The Hall–Kier alpha value is -1.66. The van der Waals surface area contributed by atoms with Crippen molar-refractivity contribution in [3.05, 3.63) is 45.9 Å². The number of aromatic nitrogens is 4. The van der Waals surface area contributed by atoms with Gasteiger partial charge in [-0.05, 0) is 13.3 Å². The van der Waals surface area contributed by atoms with Gasteiger partial charge in [-0.1, -0.05) is 48.5 Å². The van der Waals surface area contributed by atoms with E-state index < -0.39 is 0 Å². The first-order chi connectivity index (χ1) is 10.2. The van der Waals surface area contributed by atoms with Crippen molar-refractivity contribution in [2.24, 2.45) is 0 Å². The summed E-state index contributed by atoms with van der Waals surface area (Å²) in [6.45, 7) is 4.20. The molecule has 0 aliphatic carbocycles. The highest BCUT2D eigenvalue weighted by Crippen LogP contribution is 2.23. The molecule has 0 spiro atoms. The number of aromatic amines is 1. The smallest absolute Gasteiger partial charge is 0.209 e. The Morgan fingerprint density at radius 1 is 1.19 bits per heavy atom. The first-order valence-electron chi connectivity index (χ1n) is 6.80. The number of thiazole rings is 1. The molecule has 0 atom stereocenters. The molecule has 6 heteroatoms. The van der Waals surface area contributed by atoms with Crippen LogP contribution in [0.2, 0.25) is 0 Å². The Labute approximate surface area is 132 Å². The summed E-state index contributed by atoms with van der Waals surface area (Å²) in [5.41, 5.74) is 3.40. The molecule has 0 saturated heterocycles. The minimum atomic E-state index is 0.761. The van der Waals surface area contributed by atoms with Crippen molar-refractivity contribution in [3.63, 3.8) is 0 Å². The van der Waals surface area contributed by atoms with E-state index in [2.05, 4.69) is 63.7 Å². The maximum atomic E-state index is 4.55. The zero-order valence-corrected chi connectivity index (χ0v) is 13.6. The minimum Gasteiger partial charge on any atom is -0.258 e. The standard InChI is InChI=1S/C15H16N4S2/c1-3-13-16-12(8-20-13)9-21-15-17-14(18-19-15)11-6-4-10(2)5-7-11/h4-8H,3,9H2,1-2H3,(H,17,18,19). The Morgan fingerprint density at radius 3 is 2.71 bits per heavy atom. The molecule has 0 fully saturated rings. The maximum Gasteiger partial charge on any atom is 0.209 e. The lowest BCUT2D eigenvalue weighted by Crippen LogP contribution is -1.84. The number of nitrogens with zero attached hydrogens (tertiary/aromatic N) is 3. The Bertz CT molecular complexity index is 715. The van der Waals surface area contributed by atoms with Gasteiger partial charge < -0.3 is 0 Å². The average Bonchev–Trinajstić information content (AvgIpc) is 3.15. The van der Waals surface area contributed by atoms with E-state index in [4.69, 9.17) is 0 Å². The molecule has 2 aromatic heterocycles. The molecule has 1 N–H and O–H groups in total. The van der Waals surface area contributed by atoms with Gasteiger partial charge in [0.05, 0.1) is 10.7 Å². The van der Waals surface area contributed by atoms with Crippen molar-refractivity contribution in [1.82, 2.24) is 20.2 Å². The largest absolute Gasteiger partial charge is 0.258 e. The molecule has 108 valence electrons. The number of aryl methyl sites for hydroxylation is 2. The first-order valence-corrected chi connectivity index (χ1v) is 8.66. The van der Waals surface area contributed by atoms with Gasteiger partial charge in [0.2, 0.25) is 5.16 Å². The van der Waals surface area contributed by atoms with Crippen molar-refractivity contribution in [2.75, 3.05) is 0 Å². The number of hydrogen-bond acceptors (Lipinski definition) is 5. The van der Waals surface area contributed by atoms with Crippen LogP contribution < -0.4 is 0 Å². The summed E-state index contributed by atoms with van der Waals surface area (Å²) in [7, 11) is 0. The van der Waals surface area contributed by atoms with Crippen molar-refractivity contribution < 1.29 is 0 Å². The Balaban J connectivity index is 1.66. The van der Waals surface area contributed by atoms with Crippen molar-refractivity contribution >= 4 is 23.1 Å². The second-order valence-electron chi connectivity index (χ2n) is 4.71. The van der Waals surface area contributed by atoms with Crippen molar-refractivity contribution in [1.29, 1.82) is 0 Å². The summed E-state index contributed by atoms with van der Waals surface area (Å²) in [5.74, 6) is 1.62. The lowest BCUT2D eigenvalue weighted by molar-refractivity contribution is 0.971. The van der Waals surface area contributed by atoms with E-state index in [0.29, 0.717) is 0 Å². The molecule has 0 saturated carbocycles. The second-order valence-corrected chi connectivity index (χ2v) is 6.59. The van der Waals surface area contributed by atoms with E-state index in [1.807, 2.05) is 0 Å². The molecule has 0 aliphatic rings. The predicted octanol–water partition coefficient (Wildman–Crippen LogP) is 4.09. The molecule has 3 rings (SSSR count). The van der Waals surface area contributed by atoms with Gasteiger partial charge in [0.25, 0.3) is 0 Å². The first kappa shape index (κ1) is 14.3. The zero-order valence-electron chi connectivity index (χ0n) is 12.0. The highest BCUT2D eigenvalue weighted by atomic mass is 32.2. The summed E-state index contributed by atoms with van der Waals surface area (Å²) >= 11 is 3.32. The minimum absolute atomic E-state index is 0.761. The number of nitrogens with one attached hydrogen (secondary N) is 1. The Kier molecular flexibility index (Phi) is 4.36. The van der Waals surface area contributed by atoms with Crippen LogP contribution in [0.15, 0.2) is 34.8 Å². The van der Waals surface area contributed by atoms with Crippen LogP contribution in [0.25, 0.3) is 11.4 Å². The monoisotopic (exact) mass is 316 g/mol. The van der Waals surface area contributed by atoms with Crippen LogP contribution in [0.4, 0.5) is 0 Å². The topological polar surface area (TPSA) is 54.5 Å². The van der Waals surface area contributed by atoms with Crippen LogP contribution in [0.5, 0.6) is 0 Å². The lowest BCUT2D eigenvalue weighted by atomic mass is 10.1. The molecular formula is C15H16N4S2. The van der Waals surface area contributed by atoms with Crippen LogP contribution in [0.1, 0.15) is 23.2 Å². The maximum absolute atomic E-state index is 4.55. The molecular weight excluding hydrogens is 300 g/mol. The molecule has 0 aliphatic heterocycles. The molecule has 0 amide bonds. The highest BCUT2D eigenvalue weighted by Gasteiger charge is 2.07. The van der Waals surface area contributed by atoms with Gasteiger partial charge in [-0.3, -0.25) is 5.10 Å². The third kappa shape index (κ3) is 3.51. The Morgan fingerprint density at radius 2 is 2.00 bits per heavy atom. The summed E-state index contributed by atoms with van der Waals surface area (Å²) in [4.78, 5) is 9.07. The molecule has 21 heavy (non-hydrogen) atoms. The lowest BCUT2D eigenvalue weighted by Gasteiger charge is -1.96. The average molecular weight is 316 g/mol.